The quantitative estimate of drug-likeness (QED) is 0.638. The number of methoxy groups -OCH3 is 2. The second kappa shape index (κ2) is 9.51. The fourth-order valence-corrected chi connectivity index (χ4v) is 2.84. The molecule has 0 unspecified atom stereocenters. The molecule has 0 bridgehead atoms. The monoisotopic (exact) mass is 393 g/mol. The molecule has 0 fully saturated rings. The molecule has 6 heteroatoms. The van der Waals surface area contributed by atoms with Gasteiger partial charge in [-0.3, -0.25) is 4.79 Å². The van der Waals surface area contributed by atoms with Crippen LogP contribution in [0.1, 0.15) is 11.1 Å². The first-order chi connectivity index (χ1) is 12.4. The summed E-state index contributed by atoms with van der Waals surface area (Å²) in [6.45, 7) is 0.576. The number of benzene rings is 2. The highest BCUT2D eigenvalue weighted by Gasteiger charge is 2.08. The van der Waals surface area contributed by atoms with Crippen molar-refractivity contribution >= 4 is 35.2 Å². The van der Waals surface area contributed by atoms with Crippen molar-refractivity contribution in [3.8, 4) is 11.5 Å². The molecule has 2 rings (SSSR count). The van der Waals surface area contributed by atoms with Gasteiger partial charge in [-0.1, -0.05) is 35.3 Å². The topological polar surface area (TPSA) is 38.8 Å². The molecule has 1 amide bonds. The molecule has 2 aromatic rings. The van der Waals surface area contributed by atoms with Gasteiger partial charge in [-0.15, -0.1) is 0 Å². The standard InChI is InChI=1S/C20H21Cl2NO3/c1-23(11-10-14-4-8-18(25-2)19(12-14)26-3)20(24)9-6-15-5-7-16(21)13-17(15)22/h4-9,12-13H,10-11H2,1-3H3/b9-6+. The van der Waals surface area contributed by atoms with Crippen molar-refractivity contribution in [2.24, 2.45) is 0 Å². The number of ether oxygens (including phenoxy) is 2. The zero-order valence-corrected chi connectivity index (χ0v) is 16.5. The summed E-state index contributed by atoms with van der Waals surface area (Å²) < 4.78 is 10.5. The Hall–Kier alpha value is -2.17. The molecule has 0 aliphatic rings. The Labute approximate surface area is 163 Å². The maximum absolute atomic E-state index is 12.3. The first-order valence-corrected chi connectivity index (χ1v) is 8.79. The summed E-state index contributed by atoms with van der Waals surface area (Å²) in [4.78, 5) is 13.9. The highest BCUT2D eigenvalue weighted by atomic mass is 35.5. The number of carbonyl (C=O) groups is 1. The molecule has 0 atom stereocenters. The first kappa shape index (κ1) is 20.1. The molecule has 0 aliphatic carbocycles. The van der Waals surface area contributed by atoms with Crippen molar-refractivity contribution in [2.75, 3.05) is 27.8 Å². The lowest BCUT2D eigenvalue weighted by Gasteiger charge is -2.16. The van der Waals surface area contributed by atoms with E-state index in [4.69, 9.17) is 32.7 Å². The molecule has 0 saturated heterocycles. The molecule has 26 heavy (non-hydrogen) atoms. The molecule has 0 N–H and O–H groups in total. The molecule has 0 heterocycles. The maximum atomic E-state index is 12.3. The van der Waals surface area contributed by atoms with Crippen molar-refractivity contribution in [3.05, 3.63) is 63.6 Å². The SMILES string of the molecule is COc1ccc(CCN(C)C(=O)/C=C/c2ccc(Cl)cc2Cl)cc1OC. The van der Waals surface area contributed by atoms with Gasteiger partial charge in [0.1, 0.15) is 0 Å². The van der Waals surface area contributed by atoms with Crippen LogP contribution in [0.2, 0.25) is 10.0 Å². The highest BCUT2D eigenvalue weighted by Crippen LogP contribution is 2.27. The summed E-state index contributed by atoms with van der Waals surface area (Å²) in [6, 6.07) is 10.9. The zero-order chi connectivity index (χ0) is 19.1. The van der Waals surface area contributed by atoms with Crippen molar-refractivity contribution in [3.63, 3.8) is 0 Å². The van der Waals surface area contributed by atoms with Gasteiger partial charge in [0.05, 0.1) is 14.2 Å². The highest BCUT2D eigenvalue weighted by molar-refractivity contribution is 6.35. The Morgan fingerprint density at radius 2 is 1.81 bits per heavy atom. The van der Waals surface area contributed by atoms with Crippen LogP contribution in [-0.4, -0.2) is 38.6 Å². The zero-order valence-electron chi connectivity index (χ0n) is 15.0. The number of nitrogens with zero attached hydrogens (tertiary/aromatic N) is 1. The third-order valence-electron chi connectivity index (χ3n) is 3.93. The van der Waals surface area contributed by atoms with Gasteiger partial charge in [-0.25, -0.2) is 0 Å². The lowest BCUT2D eigenvalue weighted by atomic mass is 10.1. The van der Waals surface area contributed by atoms with Crippen LogP contribution in [0.3, 0.4) is 0 Å². The average Bonchev–Trinajstić information content (AvgIpc) is 2.64. The van der Waals surface area contributed by atoms with E-state index >= 15 is 0 Å². The minimum Gasteiger partial charge on any atom is -0.493 e. The van der Waals surface area contributed by atoms with E-state index in [1.54, 1.807) is 50.4 Å². The van der Waals surface area contributed by atoms with Crippen LogP contribution in [-0.2, 0) is 11.2 Å². The van der Waals surface area contributed by atoms with Gasteiger partial charge >= 0.3 is 0 Å². The fraction of sp³-hybridized carbons (Fsp3) is 0.250. The van der Waals surface area contributed by atoms with Crippen LogP contribution in [0.15, 0.2) is 42.5 Å². The predicted octanol–water partition coefficient (Wildman–Crippen LogP) is 4.72. The van der Waals surface area contributed by atoms with Crippen LogP contribution in [0, 0.1) is 0 Å². The van der Waals surface area contributed by atoms with Crippen molar-refractivity contribution in [2.45, 2.75) is 6.42 Å². The lowest BCUT2D eigenvalue weighted by molar-refractivity contribution is -0.124. The van der Waals surface area contributed by atoms with E-state index in [2.05, 4.69) is 0 Å². The van der Waals surface area contributed by atoms with Gasteiger partial charge in [0.15, 0.2) is 11.5 Å². The molecule has 4 nitrogen and oxygen atoms in total. The van der Waals surface area contributed by atoms with Crippen LogP contribution in [0.25, 0.3) is 6.08 Å². The molecular weight excluding hydrogens is 373 g/mol. The van der Waals surface area contributed by atoms with Gasteiger partial charge in [0.25, 0.3) is 0 Å². The molecule has 0 radical (unpaired) electrons. The third kappa shape index (κ3) is 5.41. The van der Waals surface area contributed by atoms with Gasteiger partial charge in [0, 0.05) is 29.7 Å². The van der Waals surface area contributed by atoms with E-state index in [0.717, 1.165) is 11.1 Å². The van der Waals surface area contributed by atoms with E-state index in [9.17, 15) is 4.79 Å². The number of likely N-dealkylation sites (N-methyl/N-ethyl adjacent to an activating group) is 1. The Balaban J connectivity index is 1.95. The van der Waals surface area contributed by atoms with Crippen LogP contribution in [0.5, 0.6) is 11.5 Å². The predicted molar refractivity (Wildman–Crippen MR) is 106 cm³/mol. The van der Waals surface area contributed by atoms with Crippen LogP contribution >= 0.6 is 23.2 Å². The Kier molecular flexibility index (Phi) is 7.37. The maximum Gasteiger partial charge on any atom is 0.246 e. The summed E-state index contributed by atoms with van der Waals surface area (Å²) in [6.07, 6.45) is 3.90. The number of carbonyl (C=O) groups excluding carboxylic acids is 1. The van der Waals surface area contributed by atoms with E-state index in [0.29, 0.717) is 34.5 Å². The second-order valence-corrected chi connectivity index (χ2v) is 6.54. The van der Waals surface area contributed by atoms with Gasteiger partial charge in [0.2, 0.25) is 5.91 Å². The number of halogens is 2. The van der Waals surface area contributed by atoms with Crippen LogP contribution < -0.4 is 9.47 Å². The van der Waals surface area contributed by atoms with E-state index in [1.165, 1.54) is 6.08 Å². The van der Waals surface area contributed by atoms with E-state index in [1.807, 2.05) is 18.2 Å². The minimum atomic E-state index is -0.100. The first-order valence-electron chi connectivity index (χ1n) is 8.03. The lowest BCUT2D eigenvalue weighted by Crippen LogP contribution is -2.27. The number of hydrogen-bond acceptors (Lipinski definition) is 3. The third-order valence-corrected chi connectivity index (χ3v) is 4.49. The Morgan fingerprint density at radius 3 is 2.46 bits per heavy atom. The average molecular weight is 394 g/mol. The Morgan fingerprint density at radius 1 is 1.08 bits per heavy atom. The number of hydrogen-bond donors (Lipinski definition) is 0. The molecule has 2 aromatic carbocycles. The Bertz CT molecular complexity index is 806. The molecule has 0 aliphatic heterocycles. The largest absolute Gasteiger partial charge is 0.493 e. The minimum absolute atomic E-state index is 0.100. The van der Waals surface area contributed by atoms with E-state index in [-0.39, 0.29) is 5.91 Å². The number of amides is 1. The van der Waals surface area contributed by atoms with Crippen molar-refractivity contribution in [1.82, 2.24) is 4.90 Å². The molecule has 0 saturated carbocycles. The van der Waals surface area contributed by atoms with Crippen LogP contribution in [0.4, 0.5) is 0 Å². The van der Waals surface area contributed by atoms with Crippen molar-refractivity contribution in [1.29, 1.82) is 0 Å². The molecule has 138 valence electrons. The summed E-state index contributed by atoms with van der Waals surface area (Å²) in [7, 11) is 4.96. The number of rotatable bonds is 7. The summed E-state index contributed by atoms with van der Waals surface area (Å²) >= 11 is 12.0. The molecule has 0 aromatic heterocycles. The van der Waals surface area contributed by atoms with Crippen molar-refractivity contribution < 1.29 is 14.3 Å². The molecule has 0 spiro atoms. The second-order valence-electron chi connectivity index (χ2n) is 5.70. The summed E-state index contributed by atoms with van der Waals surface area (Å²) in [5.74, 6) is 1.26. The van der Waals surface area contributed by atoms with Gasteiger partial charge in [-0.2, -0.15) is 0 Å². The fourth-order valence-electron chi connectivity index (χ4n) is 2.37. The molecular formula is C20H21Cl2NO3. The summed E-state index contributed by atoms with van der Waals surface area (Å²) in [5, 5.41) is 1.07. The van der Waals surface area contributed by atoms with Gasteiger partial charge < -0.3 is 14.4 Å². The summed E-state index contributed by atoms with van der Waals surface area (Å²) in [5.41, 5.74) is 1.81. The van der Waals surface area contributed by atoms with E-state index < -0.39 is 0 Å². The smallest absolute Gasteiger partial charge is 0.246 e. The van der Waals surface area contributed by atoms with Gasteiger partial charge in [-0.05, 0) is 47.9 Å². The normalized spacial score (nSPS) is 10.8.